The smallest absolute Gasteiger partial charge is 0.340 e. The van der Waals surface area contributed by atoms with Gasteiger partial charge in [0.05, 0.1) is 18.8 Å². The van der Waals surface area contributed by atoms with Crippen LogP contribution in [0.5, 0.6) is 5.75 Å². The number of unbranched alkanes of at least 4 members (excludes halogenated alkanes) is 8. The zero-order valence-electron chi connectivity index (χ0n) is 21.0. The van der Waals surface area contributed by atoms with Crippen molar-refractivity contribution in [2.75, 3.05) is 13.2 Å². The molecule has 1 aromatic carbocycles. The lowest BCUT2D eigenvalue weighted by Crippen LogP contribution is -2.13. The molecule has 4 nitrogen and oxygen atoms in total. The zero-order chi connectivity index (χ0) is 23.7. The summed E-state index contributed by atoms with van der Waals surface area (Å²) in [6.07, 6.45) is 16.7. The van der Waals surface area contributed by atoms with E-state index in [-0.39, 0.29) is 5.97 Å². The van der Waals surface area contributed by atoms with Gasteiger partial charge in [0.15, 0.2) is 0 Å². The van der Waals surface area contributed by atoms with Crippen molar-refractivity contribution < 1.29 is 14.3 Å². The van der Waals surface area contributed by atoms with Gasteiger partial charge in [-0.15, -0.1) is 0 Å². The molecule has 0 amide bonds. The first-order valence-electron chi connectivity index (χ1n) is 13.0. The predicted molar refractivity (Wildman–Crippen MR) is 137 cm³/mol. The summed E-state index contributed by atoms with van der Waals surface area (Å²) in [6.45, 7) is 7.72. The molecule has 1 atom stereocenters. The van der Waals surface area contributed by atoms with Crippen molar-refractivity contribution >= 4 is 5.97 Å². The van der Waals surface area contributed by atoms with Gasteiger partial charge in [0.2, 0.25) is 0 Å². The van der Waals surface area contributed by atoms with E-state index in [1.807, 2.05) is 30.3 Å². The third kappa shape index (κ3) is 9.98. The summed E-state index contributed by atoms with van der Waals surface area (Å²) < 4.78 is 11.8. The Labute approximate surface area is 201 Å². The largest absolute Gasteiger partial charge is 0.493 e. The highest BCUT2D eigenvalue weighted by Crippen LogP contribution is 2.32. The van der Waals surface area contributed by atoms with E-state index in [9.17, 15) is 4.79 Å². The van der Waals surface area contributed by atoms with Crippen LogP contribution < -0.4 is 4.74 Å². The minimum Gasteiger partial charge on any atom is -0.493 e. The number of rotatable bonds is 17. The van der Waals surface area contributed by atoms with E-state index in [2.05, 4.69) is 25.8 Å². The van der Waals surface area contributed by atoms with Gasteiger partial charge in [0.25, 0.3) is 0 Å². The van der Waals surface area contributed by atoms with Crippen molar-refractivity contribution in [2.45, 2.75) is 91.4 Å². The number of hydrogen-bond donors (Lipinski definition) is 0. The molecule has 0 bridgehead atoms. The summed E-state index contributed by atoms with van der Waals surface area (Å²) in [7, 11) is 0. The van der Waals surface area contributed by atoms with Crippen molar-refractivity contribution in [2.24, 2.45) is 5.92 Å². The van der Waals surface area contributed by atoms with Crippen LogP contribution in [0.4, 0.5) is 0 Å². The third-order valence-electron chi connectivity index (χ3n) is 6.02. The number of benzene rings is 1. The molecule has 0 radical (unpaired) electrons. The number of carbonyl (C=O) groups is 1. The molecule has 0 N–H and O–H groups in total. The molecular formula is C29H43NO3. The van der Waals surface area contributed by atoms with E-state index < -0.39 is 0 Å². The van der Waals surface area contributed by atoms with Gasteiger partial charge in [-0.3, -0.25) is 4.98 Å². The van der Waals surface area contributed by atoms with Crippen LogP contribution in [0, 0.1) is 5.92 Å². The number of hydrogen-bond acceptors (Lipinski definition) is 4. The summed E-state index contributed by atoms with van der Waals surface area (Å²) in [5.74, 6) is 0.846. The fraction of sp³-hybridized carbons (Fsp3) is 0.586. The highest BCUT2D eigenvalue weighted by Gasteiger charge is 2.18. The third-order valence-corrected chi connectivity index (χ3v) is 6.02. The van der Waals surface area contributed by atoms with Crippen LogP contribution in [-0.2, 0) is 4.74 Å². The Morgan fingerprint density at radius 2 is 1.58 bits per heavy atom. The van der Waals surface area contributed by atoms with Crippen LogP contribution in [0.1, 0.15) is 102 Å². The Morgan fingerprint density at radius 1 is 0.879 bits per heavy atom. The standard InChI is InChI=1S/C29H43NO3/c1-4-6-8-10-11-15-21-32-28-18-14-13-17-26(28)25-19-20-30-22-27(25)29(31)33-23-24(3)16-12-9-7-5-2/h13-14,17-20,22,24H,4-12,15-16,21,23H2,1-3H3. The first-order valence-corrected chi connectivity index (χ1v) is 13.0. The highest BCUT2D eigenvalue weighted by molar-refractivity contribution is 5.97. The summed E-state index contributed by atoms with van der Waals surface area (Å²) >= 11 is 0. The molecule has 0 spiro atoms. The lowest BCUT2D eigenvalue weighted by atomic mass is 10.0. The number of carbonyl (C=O) groups excluding carboxylic acids is 1. The van der Waals surface area contributed by atoms with E-state index in [0.717, 1.165) is 29.7 Å². The summed E-state index contributed by atoms with van der Waals surface area (Å²) in [4.78, 5) is 17.1. The van der Waals surface area contributed by atoms with Crippen molar-refractivity contribution in [1.29, 1.82) is 0 Å². The number of esters is 1. The van der Waals surface area contributed by atoms with E-state index >= 15 is 0 Å². The molecule has 33 heavy (non-hydrogen) atoms. The highest BCUT2D eigenvalue weighted by atomic mass is 16.5. The van der Waals surface area contributed by atoms with Crippen molar-refractivity contribution in [1.82, 2.24) is 4.98 Å². The molecule has 2 aromatic rings. The Morgan fingerprint density at radius 3 is 2.36 bits per heavy atom. The van der Waals surface area contributed by atoms with Gasteiger partial charge in [0, 0.05) is 23.5 Å². The second kappa shape index (κ2) is 16.3. The number of para-hydroxylation sites is 1. The van der Waals surface area contributed by atoms with E-state index in [1.54, 1.807) is 12.4 Å². The molecule has 4 heteroatoms. The molecule has 2 rings (SSSR count). The molecule has 182 valence electrons. The molecule has 0 fully saturated rings. The minimum atomic E-state index is -0.316. The molecule has 1 heterocycles. The van der Waals surface area contributed by atoms with Gasteiger partial charge in [-0.2, -0.15) is 0 Å². The molecule has 1 unspecified atom stereocenters. The quantitative estimate of drug-likeness (QED) is 0.179. The maximum absolute atomic E-state index is 12.9. The van der Waals surface area contributed by atoms with E-state index in [4.69, 9.17) is 9.47 Å². The van der Waals surface area contributed by atoms with Gasteiger partial charge in [-0.1, -0.05) is 96.8 Å². The van der Waals surface area contributed by atoms with Crippen LogP contribution in [0.15, 0.2) is 42.7 Å². The molecule has 0 aliphatic carbocycles. The van der Waals surface area contributed by atoms with Crippen molar-refractivity contribution in [3.63, 3.8) is 0 Å². The van der Waals surface area contributed by atoms with Gasteiger partial charge < -0.3 is 9.47 Å². The average molecular weight is 454 g/mol. The average Bonchev–Trinajstić information content (AvgIpc) is 2.85. The second-order valence-electron chi connectivity index (χ2n) is 9.09. The normalized spacial score (nSPS) is 11.8. The van der Waals surface area contributed by atoms with Crippen LogP contribution >= 0.6 is 0 Å². The maximum Gasteiger partial charge on any atom is 0.340 e. The van der Waals surface area contributed by atoms with Crippen LogP contribution in [0.25, 0.3) is 11.1 Å². The Hall–Kier alpha value is -2.36. The first-order chi connectivity index (χ1) is 16.2. The Kier molecular flexibility index (Phi) is 13.3. The number of pyridine rings is 1. The van der Waals surface area contributed by atoms with Gasteiger partial charge in [-0.05, 0) is 30.9 Å². The van der Waals surface area contributed by atoms with Gasteiger partial charge in [0.1, 0.15) is 5.75 Å². The van der Waals surface area contributed by atoms with Crippen LogP contribution in [0.3, 0.4) is 0 Å². The summed E-state index contributed by atoms with van der Waals surface area (Å²) in [5.41, 5.74) is 2.21. The van der Waals surface area contributed by atoms with Crippen molar-refractivity contribution in [3.05, 3.63) is 48.3 Å². The number of nitrogens with zero attached hydrogens (tertiary/aromatic N) is 1. The number of aromatic nitrogens is 1. The second-order valence-corrected chi connectivity index (χ2v) is 9.09. The minimum absolute atomic E-state index is 0.316. The molecule has 0 saturated heterocycles. The fourth-order valence-corrected chi connectivity index (χ4v) is 3.97. The number of ether oxygens (including phenoxy) is 2. The lowest BCUT2D eigenvalue weighted by molar-refractivity contribution is 0.0443. The molecular weight excluding hydrogens is 410 g/mol. The Balaban J connectivity index is 1.96. The lowest BCUT2D eigenvalue weighted by Gasteiger charge is -2.15. The predicted octanol–water partition coefficient (Wildman–Crippen LogP) is 8.25. The SMILES string of the molecule is CCCCCCCCOc1ccccc1-c1ccncc1C(=O)OCC(C)CCCCCC. The summed E-state index contributed by atoms with van der Waals surface area (Å²) in [6, 6.07) is 9.79. The Bertz CT molecular complexity index is 805. The zero-order valence-corrected chi connectivity index (χ0v) is 21.0. The van der Waals surface area contributed by atoms with E-state index in [1.165, 1.54) is 57.8 Å². The molecule has 0 aliphatic rings. The monoisotopic (exact) mass is 453 g/mol. The van der Waals surface area contributed by atoms with Crippen LogP contribution in [-0.4, -0.2) is 24.2 Å². The molecule has 0 saturated carbocycles. The topological polar surface area (TPSA) is 48.4 Å². The van der Waals surface area contributed by atoms with Crippen molar-refractivity contribution in [3.8, 4) is 16.9 Å². The maximum atomic E-state index is 12.9. The van der Waals surface area contributed by atoms with Crippen LogP contribution in [0.2, 0.25) is 0 Å². The van der Waals surface area contributed by atoms with Gasteiger partial charge in [-0.25, -0.2) is 4.79 Å². The molecule has 0 aliphatic heterocycles. The van der Waals surface area contributed by atoms with Gasteiger partial charge >= 0.3 is 5.97 Å². The summed E-state index contributed by atoms with van der Waals surface area (Å²) in [5, 5.41) is 0. The first kappa shape index (κ1) is 26.9. The fourth-order valence-electron chi connectivity index (χ4n) is 3.97. The van der Waals surface area contributed by atoms with E-state index in [0.29, 0.717) is 24.7 Å². The molecule has 1 aromatic heterocycles.